The predicted octanol–water partition coefficient (Wildman–Crippen LogP) is 2.72. The quantitative estimate of drug-likeness (QED) is 0.896. The van der Waals surface area contributed by atoms with Gasteiger partial charge in [-0.25, -0.2) is 9.78 Å². The van der Waals surface area contributed by atoms with E-state index in [1.165, 1.54) is 12.3 Å². The number of rotatable bonds is 3. The molecule has 1 N–H and O–H groups in total. The summed E-state index contributed by atoms with van der Waals surface area (Å²) in [6.07, 6.45) is 2.88. The number of likely N-dealkylation sites (tertiary alicyclic amines) is 1. The molecule has 1 aromatic heterocycles. The first-order chi connectivity index (χ1) is 12.2. The highest BCUT2D eigenvalue weighted by Gasteiger charge is 2.30. The van der Waals surface area contributed by atoms with E-state index in [2.05, 4.69) is 10.3 Å². The first kappa shape index (κ1) is 19.7. The van der Waals surface area contributed by atoms with Crippen molar-refractivity contribution in [2.24, 2.45) is 5.92 Å². The van der Waals surface area contributed by atoms with Crippen LogP contribution in [0.15, 0.2) is 18.3 Å². The van der Waals surface area contributed by atoms with Crippen LogP contribution in [0.4, 0.5) is 4.79 Å². The monoisotopic (exact) mass is 358 g/mol. The van der Waals surface area contributed by atoms with Crippen molar-refractivity contribution in [1.82, 2.24) is 15.2 Å². The van der Waals surface area contributed by atoms with Gasteiger partial charge in [-0.1, -0.05) is 0 Å². The normalized spacial score (nSPS) is 18.6. The molecule has 2 amide bonds. The molecule has 26 heavy (non-hydrogen) atoms. The van der Waals surface area contributed by atoms with Gasteiger partial charge in [-0.2, -0.15) is 5.26 Å². The maximum Gasteiger partial charge on any atom is 0.410 e. The second kappa shape index (κ2) is 8.17. The van der Waals surface area contributed by atoms with Crippen molar-refractivity contribution in [3.05, 3.63) is 29.6 Å². The fourth-order valence-corrected chi connectivity index (χ4v) is 2.90. The lowest BCUT2D eigenvalue weighted by molar-refractivity contribution is 0.0150. The van der Waals surface area contributed by atoms with Crippen molar-refractivity contribution in [2.45, 2.75) is 52.2 Å². The summed E-state index contributed by atoms with van der Waals surface area (Å²) in [6, 6.07) is 4.97. The van der Waals surface area contributed by atoms with Crippen LogP contribution in [0.1, 0.15) is 56.6 Å². The molecular formula is C19H26N4O3. The lowest BCUT2D eigenvalue weighted by atomic mass is 9.91. The molecule has 1 aromatic rings. The van der Waals surface area contributed by atoms with Gasteiger partial charge < -0.3 is 15.0 Å². The molecule has 2 heterocycles. The van der Waals surface area contributed by atoms with Crippen LogP contribution < -0.4 is 5.32 Å². The van der Waals surface area contributed by atoms with E-state index in [0.717, 1.165) is 12.8 Å². The minimum atomic E-state index is -0.523. The first-order valence-corrected chi connectivity index (χ1v) is 8.84. The van der Waals surface area contributed by atoms with Crippen LogP contribution in [-0.4, -0.2) is 46.6 Å². The minimum absolute atomic E-state index is 0.106. The summed E-state index contributed by atoms with van der Waals surface area (Å²) in [5.41, 5.74) is 0.163. The molecule has 2 rings (SSSR count). The van der Waals surface area contributed by atoms with Crippen LogP contribution >= 0.6 is 0 Å². The van der Waals surface area contributed by atoms with Crippen molar-refractivity contribution < 1.29 is 14.3 Å². The number of piperidine rings is 1. The molecule has 140 valence electrons. The molecular weight excluding hydrogens is 332 g/mol. The highest BCUT2D eigenvalue weighted by molar-refractivity contribution is 5.92. The SMILES string of the molecule is CC(NC(=O)c1ccc(C#N)cn1)C1CCCN(C(=O)OC(C)(C)C)C1. The molecule has 2 unspecified atom stereocenters. The third-order valence-corrected chi connectivity index (χ3v) is 4.30. The average Bonchev–Trinajstić information content (AvgIpc) is 2.60. The largest absolute Gasteiger partial charge is 0.444 e. The van der Waals surface area contributed by atoms with Crippen molar-refractivity contribution in [3.63, 3.8) is 0 Å². The summed E-state index contributed by atoms with van der Waals surface area (Å²) >= 11 is 0. The molecule has 7 heteroatoms. The van der Waals surface area contributed by atoms with Gasteiger partial charge >= 0.3 is 6.09 Å². The summed E-state index contributed by atoms with van der Waals surface area (Å²) < 4.78 is 5.44. The van der Waals surface area contributed by atoms with Gasteiger partial charge in [0.1, 0.15) is 17.4 Å². The van der Waals surface area contributed by atoms with Gasteiger partial charge in [0.2, 0.25) is 0 Å². The molecule has 0 radical (unpaired) electrons. The van der Waals surface area contributed by atoms with Gasteiger partial charge in [0, 0.05) is 25.3 Å². The van der Waals surface area contributed by atoms with Gasteiger partial charge in [0.05, 0.1) is 5.56 Å². The lowest BCUT2D eigenvalue weighted by Gasteiger charge is -2.36. The number of nitrogens with one attached hydrogen (secondary N) is 1. The highest BCUT2D eigenvalue weighted by atomic mass is 16.6. The zero-order chi connectivity index (χ0) is 19.3. The molecule has 7 nitrogen and oxygen atoms in total. The number of hydrogen-bond donors (Lipinski definition) is 1. The summed E-state index contributed by atoms with van der Waals surface area (Å²) in [5, 5.41) is 11.7. The Morgan fingerprint density at radius 3 is 2.73 bits per heavy atom. The Kier molecular flexibility index (Phi) is 6.19. The van der Waals surface area contributed by atoms with Crippen LogP contribution in [0.3, 0.4) is 0 Å². The molecule has 0 saturated carbocycles. The molecule has 0 spiro atoms. The predicted molar refractivity (Wildman–Crippen MR) is 96.4 cm³/mol. The van der Waals surface area contributed by atoms with E-state index in [9.17, 15) is 9.59 Å². The zero-order valence-corrected chi connectivity index (χ0v) is 15.8. The first-order valence-electron chi connectivity index (χ1n) is 8.84. The van der Waals surface area contributed by atoms with Crippen LogP contribution in [0.5, 0.6) is 0 Å². The van der Waals surface area contributed by atoms with E-state index < -0.39 is 5.60 Å². The maximum atomic E-state index is 12.3. The molecule has 2 atom stereocenters. The van der Waals surface area contributed by atoms with E-state index in [4.69, 9.17) is 10.00 Å². The van der Waals surface area contributed by atoms with Crippen molar-refractivity contribution >= 4 is 12.0 Å². The Labute approximate surface area is 154 Å². The Bertz CT molecular complexity index is 688. The molecule has 1 fully saturated rings. The second-order valence-electron chi connectivity index (χ2n) is 7.63. The van der Waals surface area contributed by atoms with E-state index in [1.807, 2.05) is 33.8 Å². The second-order valence-corrected chi connectivity index (χ2v) is 7.63. The molecule has 1 aliphatic rings. The van der Waals surface area contributed by atoms with E-state index in [-0.39, 0.29) is 29.7 Å². The average molecular weight is 358 g/mol. The van der Waals surface area contributed by atoms with Crippen LogP contribution in [-0.2, 0) is 4.74 Å². The summed E-state index contributed by atoms with van der Waals surface area (Å²) in [6.45, 7) is 8.70. The Morgan fingerprint density at radius 1 is 1.42 bits per heavy atom. The van der Waals surface area contributed by atoms with Gasteiger partial charge in [0.25, 0.3) is 5.91 Å². The number of carbonyl (C=O) groups excluding carboxylic acids is 2. The number of nitriles is 1. The number of ether oxygens (including phenoxy) is 1. The van der Waals surface area contributed by atoms with Crippen molar-refractivity contribution in [2.75, 3.05) is 13.1 Å². The van der Waals surface area contributed by atoms with Crippen LogP contribution in [0.2, 0.25) is 0 Å². The van der Waals surface area contributed by atoms with E-state index >= 15 is 0 Å². The maximum absolute atomic E-state index is 12.3. The van der Waals surface area contributed by atoms with E-state index in [0.29, 0.717) is 18.7 Å². The van der Waals surface area contributed by atoms with Gasteiger partial charge in [-0.15, -0.1) is 0 Å². The van der Waals surface area contributed by atoms with Gasteiger partial charge in [-0.05, 0) is 58.6 Å². The summed E-state index contributed by atoms with van der Waals surface area (Å²) in [7, 11) is 0. The lowest BCUT2D eigenvalue weighted by Crippen LogP contribution is -2.49. The van der Waals surface area contributed by atoms with Crippen molar-refractivity contribution in [3.8, 4) is 6.07 Å². The number of hydrogen-bond acceptors (Lipinski definition) is 5. The smallest absolute Gasteiger partial charge is 0.410 e. The highest BCUT2D eigenvalue weighted by Crippen LogP contribution is 2.22. The van der Waals surface area contributed by atoms with Crippen molar-refractivity contribution in [1.29, 1.82) is 5.26 Å². The van der Waals surface area contributed by atoms with Crippen LogP contribution in [0.25, 0.3) is 0 Å². The third kappa shape index (κ3) is 5.45. The fraction of sp³-hybridized carbons (Fsp3) is 0.579. The molecule has 1 saturated heterocycles. The van der Waals surface area contributed by atoms with Gasteiger partial charge in [0.15, 0.2) is 0 Å². The number of aromatic nitrogens is 1. The Balaban J connectivity index is 1.93. The summed E-state index contributed by atoms with van der Waals surface area (Å²) in [5.74, 6) is -0.130. The zero-order valence-electron chi connectivity index (χ0n) is 15.8. The minimum Gasteiger partial charge on any atom is -0.444 e. The molecule has 0 bridgehead atoms. The van der Waals surface area contributed by atoms with E-state index in [1.54, 1.807) is 11.0 Å². The van der Waals surface area contributed by atoms with Crippen LogP contribution in [0, 0.1) is 17.2 Å². The van der Waals surface area contributed by atoms with Gasteiger partial charge in [-0.3, -0.25) is 4.79 Å². The molecule has 1 aliphatic heterocycles. The summed E-state index contributed by atoms with van der Waals surface area (Å²) in [4.78, 5) is 30.3. The fourth-order valence-electron chi connectivity index (χ4n) is 2.90. The number of carbonyl (C=O) groups is 2. The molecule has 0 aliphatic carbocycles. The Morgan fingerprint density at radius 2 is 2.15 bits per heavy atom. The Hall–Kier alpha value is -2.62. The number of pyridine rings is 1. The third-order valence-electron chi connectivity index (χ3n) is 4.30. The number of amides is 2. The molecule has 0 aromatic carbocycles. The number of nitrogens with zero attached hydrogens (tertiary/aromatic N) is 3. The standard InChI is InChI=1S/C19H26N4O3/c1-13(22-17(24)16-8-7-14(10-20)11-21-16)15-6-5-9-23(12-15)18(25)26-19(2,3)4/h7-8,11,13,15H,5-6,9,12H2,1-4H3,(H,22,24). The topological polar surface area (TPSA) is 95.3 Å².